The fraction of sp³-hybridized carbons (Fsp3) is 0.393. The largest absolute Gasteiger partial charge is 0.461 e. The summed E-state index contributed by atoms with van der Waals surface area (Å²) >= 11 is 0. The molecule has 37 heavy (non-hydrogen) atoms. The van der Waals surface area contributed by atoms with Crippen molar-refractivity contribution in [3.05, 3.63) is 53.8 Å². The van der Waals surface area contributed by atoms with Crippen LogP contribution in [0.5, 0.6) is 0 Å². The number of rotatable bonds is 11. The fourth-order valence-electron chi connectivity index (χ4n) is 3.51. The summed E-state index contributed by atoms with van der Waals surface area (Å²) in [4.78, 5) is 37.6. The molecule has 2 amide bonds. The van der Waals surface area contributed by atoms with Crippen LogP contribution >= 0.6 is 0 Å². The van der Waals surface area contributed by atoms with Gasteiger partial charge in [-0.1, -0.05) is 30.2 Å². The Labute approximate surface area is 217 Å². The number of likely N-dealkylation sites (N-methyl/N-ethyl adjacent to an activating group) is 1. The molecule has 0 spiro atoms. The first-order valence-corrected chi connectivity index (χ1v) is 11.8. The van der Waals surface area contributed by atoms with Crippen molar-refractivity contribution >= 4 is 24.2 Å². The lowest BCUT2D eigenvalue weighted by Crippen LogP contribution is -2.39. The lowest BCUT2D eigenvalue weighted by molar-refractivity contribution is -0.134. The number of hydrogen-bond acceptors (Lipinski definition) is 6. The van der Waals surface area contributed by atoms with Crippen LogP contribution < -0.4 is 10.2 Å². The van der Waals surface area contributed by atoms with Gasteiger partial charge in [0.1, 0.15) is 17.5 Å². The van der Waals surface area contributed by atoms with E-state index in [0.29, 0.717) is 23.3 Å². The van der Waals surface area contributed by atoms with E-state index in [9.17, 15) is 14.4 Å². The Bertz CT molecular complexity index is 1120. The molecule has 9 heteroatoms. The second-order valence-electron chi connectivity index (χ2n) is 9.57. The number of benzene rings is 2. The second-order valence-corrected chi connectivity index (χ2v) is 9.57. The molecule has 2 aromatic rings. The summed E-state index contributed by atoms with van der Waals surface area (Å²) in [5, 5.41) is 2.61. The molecule has 0 fully saturated rings. The van der Waals surface area contributed by atoms with E-state index < -0.39 is 23.6 Å². The quantitative estimate of drug-likeness (QED) is 0.363. The van der Waals surface area contributed by atoms with Crippen molar-refractivity contribution in [2.24, 2.45) is 0 Å². The van der Waals surface area contributed by atoms with Gasteiger partial charge in [0, 0.05) is 31.8 Å². The van der Waals surface area contributed by atoms with Crippen molar-refractivity contribution in [3.63, 3.8) is 0 Å². The molecule has 0 radical (unpaired) electrons. The Morgan fingerprint density at radius 1 is 1.19 bits per heavy atom. The van der Waals surface area contributed by atoms with Crippen molar-refractivity contribution in [1.82, 2.24) is 10.2 Å². The van der Waals surface area contributed by atoms with Gasteiger partial charge in [-0.05, 0) is 50.1 Å². The molecular weight excluding hydrogens is 477 g/mol. The van der Waals surface area contributed by atoms with Gasteiger partial charge in [0.15, 0.2) is 0 Å². The van der Waals surface area contributed by atoms with Crippen molar-refractivity contribution in [1.29, 1.82) is 0 Å². The van der Waals surface area contributed by atoms with Crippen LogP contribution in [0.3, 0.4) is 0 Å². The van der Waals surface area contributed by atoms with Gasteiger partial charge in [0.05, 0.1) is 19.6 Å². The first-order valence-electron chi connectivity index (χ1n) is 11.8. The number of terminal acetylenes is 1. The van der Waals surface area contributed by atoms with Gasteiger partial charge in [-0.25, -0.2) is 9.18 Å². The van der Waals surface area contributed by atoms with Gasteiger partial charge < -0.3 is 19.7 Å². The van der Waals surface area contributed by atoms with E-state index in [4.69, 9.17) is 15.9 Å². The summed E-state index contributed by atoms with van der Waals surface area (Å²) in [7, 11) is 1.74. The van der Waals surface area contributed by atoms with Crippen LogP contribution in [0, 0.1) is 18.2 Å². The highest BCUT2D eigenvalue weighted by Gasteiger charge is 2.22. The number of carbonyl (C=O) groups excluding carboxylic acids is 3. The van der Waals surface area contributed by atoms with Gasteiger partial charge in [0.25, 0.3) is 6.47 Å². The van der Waals surface area contributed by atoms with E-state index in [-0.39, 0.29) is 32.1 Å². The van der Waals surface area contributed by atoms with E-state index >= 15 is 4.39 Å². The first-order chi connectivity index (χ1) is 17.4. The van der Waals surface area contributed by atoms with Gasteiger partial charge in [-0.3, -0.25) is 14.5 Å². The van der Waals surface area contributed by atoms with Crippen LogP contribution in [0.4, 0.5) is 14.9 Å². The predicted molar refractivity (Wildman–Crippen MR) is 140 cm³/mol. The summed E-state index contributed by atoms with van der Waals surface area (Å²) in [6, 6.07) is 12.0. The maximum absolute atomic E-state index is 15.0. The molecule has 0 heterocycles. The molecule has 2 rings (SSSR count). The van der Waals surface area contributed by atoms with Crippen LogP contribution in [0.25, 0.3) is 11.1 Å². The Hall–Kier alpha value is -4.06. The summed E-state index contributed by atoms with van der Waals surface area (Å²) in [6.45, 7) is 7.83. The molecule has 8 nitrogen and oxygen atoms in total. The van der Waals surface area contributed by atoms with Crippen molar-refractivity contribution in [3.8, 4) is 23.5 Å². The molecular formula is C28H34FN3O5. The second kappa shape index (κ2) is 13.3. The minimum Gasteiger partial charge on any atom is -0.461 e. The number of carbonyl (C=O) groups is 3. The molecule has 0 saturated heterocycles. The number of nitrogens with one attached hydrogen (secondary N) is 1. The minimum absolute atomic E-state index is 0.101. The zero-order valence-electron chi connectivity index (χ0n) is 21.9. The molecule has 0 aliphatic heterocycles. The summed E-state index contributed by atoms with van der Waals surface area (Å²) in [5.41, 5.74) is 1.85. The SMILES string of the molecule is C#CCN(Cc1ccc(-c2ccc(N(C)C[C@H](CNC(C)=O)OC=O)cc2F)cc1)C(=O)OC(C)(C)C. The normalized spacial score (nSPS) is 11.6. The maximum Gasteiger partial charge on any atom is 0.411 e. The van der Waals surface area contributed by atoms with Gasteiger partial charge >= 0.3 is 6.09 Å². The molecule has 0 saturated carbocycles. The lowest BCUT2D eigenvalue weighted by Gasteiger charge is -2.26. The van der Waals surface area contributed by atoms with E-state index in [1.807, 2.05) is 12.1 Å². The van der Waals surface area contributed by atoms with Crippen LogP contribution in [0.2, 0.25) is 0 Å². The number of nitrogens with zero attached hydrogens (tertiary/aromatic N) is 2. The zero-order valence-corrected chi connectivity index (χ0v) is 21.9. The standard InChI is InChI=1S/C28H34FN3O5/c1-7-14-32(27(35)37-28(3,4)5)17-21-8-10-22(11-9-21)25-13-12-23(15-26(25)29)31(6)18-24(36-19-33)16-30-20(2)34/h1,8-13,15,19,24H,14,16-18H2,2-6H3,(H,30,34)/t24-/m0/s1. The number of ether oxygens (including phenoxy) is 2. The molecule has 0 aliphatic carbocycles. The molecule has 1 N–H and O–H groups in total. The Balaban J connectivity index is 2.12. The van der Waals surface area contributed by atoms with Crippen LogP contribution in [-0.4, -0.2) is 61.8 Å². The third-order valence-corrected chi connectivity index (χ3v) is 5.27. The average Bonchev–Trinajstić information content (AvgIpc) is 2.81. The summed E-state index contributed by atoms with van der Waals surface area (Å²) < 4.78 is 25.5. The lowest BCUT2D eigenvalue weighted by atomic mass is 10.0. The molecule has 198 valence electrons. The zero-order chi connectivity index (χ0) is 27.6. The van der Waals surface area contributed by atoms with Gasteiger partial charge in [0.2, 0.25) is 5.91 Å². The fourth-order valence-corrected chi connectivity index (χ4v) is 3.51. The number of halogens is 1. The third-order valence-electron chi connectivity index (χ3n) is 5.27. The Morgan fingerprint density at radius 3 is 2.41 bits per heavy atom. The number of hydrogen-bond donors (Lipinski definition) is 1. The molecule has 1 atom stereocenters. The van der Waals surface area contributed by atoms with Crippen molar-refractivity contribution in [2.75, 3.05) is 31.6 Å². The minimum atomic E-state index is -0.639. The van der Waals surface area contributed by atoms with Crippen molar-refractivity contribution in [2.45, 2.75) is 45.9 Å². The van der Waals surface area contributed by atoms with Crippen molar-refractivity contribution < 1.29 is 28.2 Å². The highest BCUT2D eigenvalue weighted by Crippen LogP contribution is 2.27. The molecule has 0 aliphatic rings. The molecule has 2 aromatic carbocycles. The monoisotopic (exact) mass is 511 g/mol. The Kier molecular flexibility index (Phi) is 10.5. The summed E-state index contributed by atoms with van der Waals surface area (Å²) in [5.74, 6) is 1.81. The highest BCUT2D eigenvalue weighted by atomic mass is 19.1. The van der Waals surface area contributed by atoms with E-state index in [1.54, 1.807) is 57.0 Å². The van der Waals surface area contributed by atoms with Crippen LogP contribution in [-0.2, 0) is 25.6 Å². The molecule has 0 aromatic heterocycles. The highest BCUT2D eigenvalue weighted by molar-refractivity contribution is 5.73. The molecule has 0 unspecified atom stereocenters. The third kappa shape index (κ3) is 9.49. The van der Waals surface area contributed by atoms with Crippen LogP contribution in [0.15, 0.2) is 42.5 Å². The first kappa shape index (κ1) is 29.2. The van der Waals surface area contributed by atoms with Gasteiger partial charge in [-0.15, -0.1) is 6.42 Å². The average molecular weight is 512 g/mol. The van der Waals surface area contributed by atoms with Crippen LogP contribution in [0.1, 0.15) is 33.3 Å². The van der Waals surface area contributed by atoms with E-state index in [2.05, 4.69) is 11.2 Å². The molecule has 0 bridgehead atoms. The Morgan fingerprint density at radius 2 is 1.86 bits per heavy atom. The van der Waals surface area contributed by atoms with E-state index in [0.717, 1.165) is 5.56 Å². The summed E-state index contributed by atoms with van der Waals surface area (Å²) in [6.07, 6.45) is 4.33. The predicted octanol–water partition coefficient (Wildman–Crippen LogP) is 3.98. The topological polar surface area (TPSA) is 88.2 Å². The smallest absolute Gasteiger partial charge is 0.411 e. The number of amides is 2. The number of anilines is 1. The van der Waals surface area contributed by atoms with E-state index in [1.165, 1.54) is 17.9 Å². The maximum atomic E-state index is 15.0. The van der Waals surface area contributed by atoms with Gasteiger partial charge in [-0.2, -0.15) is 0 Å².